The van der Waals surface area contributed by atoms with Crippen LogP contribution in [-0.2, 0) is 28.6 Å². The van der Waals surface area contributed by atoms with Crippen molar-refractivity contribution in [2.45, 2.75) is 168 Å². The highest BCUT2D eigenvalue weighted by Gasteiger charge is 2.73. The molecular weight excluding hydrogens is 705 g/mol. The summed E-state index contributed by atoms with van der Waals surface area (Å²) in [7, 11) is 0. The number of rotatable bonds is 8. The average molecular weight is 783 g/mol. The third kappa shape index (κ3) is 7.76. The number of hydrogen-bond donors (Lipinski definition) is 2. The van der Waals surface area contributed by atoms with Crippen LogP contribution in [0, 0.1) is 56.2 Å². The van der Waals surface area contributed by atoms with Gasteiger partial charge >= 0.3 is 17.9 Å². The van der Waals surface area contributed by atoms with Crippen LogP contribution in [0.5, 0.6) is 0 Å². The summed E-state index contributed by atoms with van der Waals surface area (Å²) in [5.41, 5.74) is 1.22. The van der Waals surface area contributed by atoms with E-state index in [1.807, 2.05) is 41.5 Å². The molecule has 0 aliphatic heterocycles. The molecule has 3 unspecified atom stereocenters. The molecule has 8 nitrogen and oxygen atoms in total. The number of fused-ring (bicyclic) bond motifs is 7. The van der Waals surface area contributed by atoms with E-state index in [1.165, 1.54) is 23.8 Å². The fraction of sp³-hybridized carbons (Fsp3) is 0.771. The lowest BCUT2D eigenvalue weighted by molar-refractivity contribution is -0.254. The summed E-state index contributed by atoms with van der Waals surface area (Å²) >= 11 is 0. The van der Waals surface area contributed by atoms with Gasteiger partial charge < -0.3 is 24.4 Å². The van der Waals surface area contributed by atoms with Crippen molar-refractivity contribution in [1.82, 2.24) is 0 Å². The summed E-state index contributed by atoms with van der Waals surface area (Å²) in [5.74, 6) is -1.18. The predicted molar refractivity (Wildman–Crippen MR) is 224 cm³/mol. The second-order valence-electron chi connectivity index (χ2n) is 20.5. The molecule has 0 radical (unpaired) electrons. The monoisotopic (exact) mass is 783 g/mol. The Labute approximate surface area is 340 Å². The average Bonchev–Trinajstić information content (AvgIpc) is 3.03. The zero-order chi connectivity index (χ0) is 40.4. The minimum absolute atomic E-state index is 0. The highest BCUT2D eigenvalue weighted by atomic mass is 16.6. The van der Waals surface area contributed by atoms with Crippen LogP contribution >= 0.6 is 0 Å². The predicted octanol–water partition coefficient (Wildman–Crippen LogP) is 10.1. The molecule has 5 aliphatic rings. The third-order valence-electron chi connectivity index (χ3n) is 15.9. The lowest BCUT2D eigenvalue weighted by Crippen LogP contribution is -2.71. The van der Waals surface area contributed by atoms with Crippen molar-refractivity contribution in [1.29, 1.82) is 0 Å². The number of hydrogen-bond acceptors (Lipinski definition) is 8. The Morgan fingerprint density at radius 1 is 0.732 bits per heavy atom. The van der Waals surface area contributed by atoms with Gasteiger partial charge in [-0.3, -0.25) is 0 Å². The summed E-state index contributed by atoms with van der Waals surface area (Å²) in [6, 6.07) is 0. The Morgan fingerprint density at radius 3 is 1.82 bits per heavy atom. The fourth-order valence-corrected chi connectivity index (χ4v) is 12.7. The lowest BCUT2D eigenvalue weighted by atomic mass is 9.32. The molecule has 0 saturated heterocycles. The highest BCUT2D eigenvalue weighted by molar-refractivity contribution is 5.83. The summed E-state index contributed by atoms with van der Waals surface area (Å²) in [4.78, 5) is 39.3. The Hall–Kier alpha value is -2.71. The summed E-state index contributed by atoms with van der Waals surface area (Å²) < 4.78 is 18.4. The first-order valence-corrected chi connectivity index (χ1v) is 20.4. The quantitative estimate of drug-likeness (QED) is 0.108. The van der Waals surface area contributed by atoms with Gasteiger partial charge in [0.1, 0.15) is 12.7 Å². The number of aliphatic hydroxyl groups is 2. The molecule has 2 N–H and O–H groups in total. The van der Waals surface area contributed by atoms with Crippen molar-refractivity contribution in [3.8, 4) is 0 Å². The van der Waals surface area contributed by atoms with Gasteiger partial charge in [0.15, 0.2) is 0 Å². The molecular formula is C48H78O8. The van der Waals surface area contributed by atoms with Crippen LogP contribution < -0.4 is 0 Å². The molecule has 4 fully saturated rings. The number of carbonyl (C=O) groups is 3. The first-order chi connectivity index (χ1) is 24.9. The van der Waals surface area contributed by atoms with E-state index in [1.54, 1.807) is 0 Å². The Balaban J connectivity index is 0.00000420. The summed E-state index contributed by atoms with van der Waals surface area (Å²) in [5, 5.41) is 24.5. The van der Waals surface area contributed by atoms with Gasteiger partial charge in [0, 0.05) is 23.6 Å². The van der Waals surface area contributed by atoms with Crippen LogP contribution in [0.25, 0.3) is 0 Å². The second kappa shape index (κ2) is 16.5. The maximum absolute atomic E-state index is 13.5. The highest BCUT2D eigenvalue weighted by Crippen LogP contribution is 2.76. The van der Waals surface area contributed by atoms with E-state index in [0.717, 1.165) is 48.8 Å². The first kappa shape index (κ1) is 47.7. The van der Waals surface area contributed by atoms with Crippen molar-refractivity contribution in [2.24, 2.45) is 56.2 Å². The molecule has 0 aromatic heterocycles. The first-order valence-electron chi connectivity index (χ1n) is 20.4. The van der Waals surface area contributed by atoms with E-state index in [0.29, 0.717) is 12.8 Å². The fourth-order valence-electron chi connectivity index (χ4n) is 12.7. The number of ether oxygens (including phenoxy) is 3. The minimum Gasteiger partial charge on any atom is -0.462 e. The van der Waals surface area contributed by atoms with E-state index < -0.39 is 46.5 Å². The summed E-state index contributed by atoms with van der Waals surface area (Å²) in [6.07, 6.45) is 10.1. The van der Waals surface area contributed by atoms with Crippen molar-refractivity contribution in [2.75, 3.05) is 13.2 Å². The van der Waals surface area contributed by atoms with Crippen LogP contribution in [0.1, 0.15) is 150 Å². The maximum atomic E-state index is 13.5. The van der Waals surface area contributed by atoms with Crippen LogP contribution in [0.2, 0.25) is 0 Å². The lowest BCUT2D eigenvalue weighted by Gasteiger charge is -2.72. The van der Waals surface area contributed by atoms with Crippen LogP contribution in [0.15, 0.2) is 46.6 Å². The van der Waals surface area contributed by atoms with E-state index in [2.05, 4.69) is 54.5 Å². The Morgan fingerprint density at radius 2 is 1.27 bits per heavy atom. The number of carbonyl (C=O) groups excluding carboxylic acids is 3. The van der Waals surface area contributed by atoms with Crippen LogP contribution in [-0.4, -0.2) is 59.6 Å². The van der Waals surface area contributed by atoms with Gasteiger partial charge in [-0.1, -0.05) is 91.7 Å². The third-order valence-corrected chi connectivity index (χ3v) is 15.9. The van der Waals surface area contributed by atoms with Gasteiger partial charge in [-0.05, 0) is 132 Å². The smallest absolute Gasteiger partial charge is 0.330 e. The normalized spacial score (nSPS) is 40.4. The zero-order valence-corrected chi connectivity index (χ0v) is 35.6. The molecule has 5 rings (SSSR count). The molecule has 4 saturated carbocycles. The van der Waals surface area contributed by atoms with Gasteiger partial charge in [-0.2, -0.15) is 0 Å². The van der Waals surface area contributed by atoms with Crippen molar-refractivity contribution in [3.05, 3.63) is 46.6 Å². The SMILES string of the molecule is C.C.CC(C)=CC(=O)OC[C@@]12C(CC(C)(C)[C@@H](C)[C@@H]1OC(=O)C=C(C)C)C1=CCC3[C@@]4(C)CC[C@H](O)[C@](C)(COC(=O)C=C(C)C)C4CC[C@@]3(C)[C@]1(C)C[C@H]2O. The standard InChI is InChI=1S/C46H70O8.2CH4/c1-27(2)20-37(49)52-25-43(11)33-16-19-44(12)34(42(33,10)18-17-35(43)47)15-14-31-32-23-41(8,9)30(7)40(54-39(51)22-29(5)6)46(32,36(48)24-45(31,44)13)26-53-38(50)21-28(3)4;;/h14,20-22,30,32-36,40,47-48H,15-19,23-26H2,1-13H3;2*1H4/t30-,32?,33?,34?,35-,36+,40-,42-,43+,44+,45+,46-;;/m0../s1. The van der Waals surface area contributed by atoms with E-state index in [9.17, 15) is 24.6 Å². The molecule has 318 valence electrons. The molecule has 8 heteroatoms. The van der Waals surface area contributed by atoms with Crippen LogP contribution in [0.4, 0.5) is 0 Å². The van der Waals surface area contributed by atoms with Crippen molar-refractivity contribution in [3.63, 3.8) is 0 Å². The molecule has 0 spiro atoms. The molecule has 0 heterocycles. The van der Waals surface area contributed by atoms with Gasteiger partial charge in [0.25, 0.3) is 0 Å². The van der Waals surface area contributed by atoms with E-state index in [4.69, 9.17) is 14.2 Å². The van der Waals surface area contributed by atoms with Gasteiger partial charge in [-0.15, -0.1) is 0 Å². The van der Waals surface area contributed by atoms with Gasteiger partial charge in [0.2, 0.25) is 0 Å². The molecule has 56 heavy (non-hydrogen) atoms. The minimum atomic E-state index is -1.04. The molecule has 5 aliphatic carbocycles. The molecule has 0 amide bonds. The largest absolute Gasteiger partial charge is 0.462 e. The van der Waals surface area contributed by atoms with Crippen molar-refractivity contribution < 1.29 is 38.8 Å². The molecule has 0 aromatic rings. The van der Waals surface area contributed by atoms with Gasteiger partial charge in [0.05, 0.1) is 24.2 Å². The topological polar surface area (TPSA) is 119 Å². The number of allylic oxidation sites excluding steroid dienone is 5. The molecule has 12 atom stereocenters. The number of aliphatic hydroxyl groups excluding tert-OH is 2. The number of esters is 3. The van der Waals surface area contributed by atoms with Crippen LogP contribution in [0.3, 0.4) is 0 Å². The molecule has 0 aromatic carbocycles. The zero-order valence-electron chi connectivity index (χ0n) is 35.6. The Kier molecular flexibility index (Phi) is 14.0. The van der Waals surface area contributed by atoms with Crippen molar-refractivity contribution >= 4 is 17.9 Å². The Bertz CT molecular complexity index is 1620. The summed E-state index contributed by atoms with van der Waals surface area (Å²) in [6.45, 7) is 27.2. The second-order valence-corrected chi connectivity index (χ2v) is 20.5. The molecule has 0 bridgehead atoms. The maximum Gasteiger partial charge on any atom is 0.330 e. The van der Waals surface area contributed by atoms with E-state index >= 15 is 0 Å². The van der Waals surface area contributed by atoms with E-state index in [-0.39, 0.29) is 74.0 Å². The van der Waals surface area contributed by atoms with Gasteiger partial charge in [-0.25, -0.2) is 14.4 Å².